The molecule has 0 unspecified atom stereocenters. The third kappa shape index (κ3) is 5.00. The highest BCUT2D eigenvalue weighted by atomic mass is 28.3. The Morgan fingerprint density at radius 1 is 0.350 bits per heavy atom. The van der Waals surface area contributed by atoms with Crippen molar-refractivity contribution in [3.8, 4) is 22.5 Å². The summed E-state index contributed by atoms with van der Waals surface area (Å²) >= 11 is 0. The molecule has 0 bridgehead atoms. The van der Waals surface area contributed by atoms with Crippen LogP contribution in [0.15, 0.2) is 231 Å². The van der Waals surface area contributed by atoms with Crippen LogP contribution in [0.1, 0.15) is 0 Å². The average molecular weight is 783 g/mol. The van der Waals surface area contributed by atoms with E-state index in [-0.39, 0.29) is 0 Å². The first-order chi connectivity index (χ1) is 29.8. The molecule has 4 nitrogen and oxygen atoms in total. The number of hydrogen-bond acceptors (Lipinski definition) is 1. The van der Waals surface area contributed by atoms with Crippen LogP contribution in [-0.4, -0.2) is 26.6 Å². The molecule has 0 radical (unpaired) electrons. The van der Waals surface area contributed by atoms with Crippen molar-refractivity contribution in [3.63, 3.8) is 0 Å². The molecular weight excluding hydrogens is 745 g/mol. The zero-order chi connectivity index (χ0) is 39.6. The Kier molecular flexibility index (Phi) is 7.83. The Morgan fingerprint density at radius 2 is 0.867 bits per heavy atom. The van der Waals surface area contributed by atoms with Gasteiger partial charge in [-0.3, -0.25) is 8.97 Å². The fourth-order valence-corrected chi connectivity index (χ4v) is 14.9. The molecule has 0 aliphatic heterocycles. The van der Waals surface area contributed by atoms with Crippen LogP contribution >= 0.6 is 0 Å². The maximum atomic E-state index is 5.19. The first kappa shape index (κ1) is 34.3. The predicted octanol–water partition coefficient (Wildman–Crippen LogP) is 10.6. The van der Waals surface area contributed by atoms with Gasteiger partial charge in [0.1, 0.15) is 0 Å². The highest BCUT2D eigenvalue weighted by Gasteiger charge is 2.43. The zero-order valence-corrected chi connectivity index (χ0v) is 33.7. The first-order valence-corrected chi connectivity index (χ1v) is 22.6. The van der Waals surface area contributed by atoms with E-state index in [2.05, 4.69) is 244 Å². The van der Waals surface area contributed by atoms with Crippen molar-refractivity contribution in [2.24, 2.45) is 0 Å². The number of aromatic nitrogens is 4. The van der Waals surface area contributed by atoms with Gasteiger partial charge in [0.25, 0.3) is 0 Å². The number of imidazole rings is 2. The van der Waals surface area contributed by atoms with E-state index in [4.69, 9.17) is 4.98 Å². The quantitative estimate of drug-likeness (QED) is 0.117. The summed E-state index contributed by atoms with van der Waals surface area (Å²) in [5, 5.41) is 7.83. The minimum atomic E-state index is -2.86. The van der Waals surface area contributed by atoms with Crippen molar-refractivity contribution in [1.29, 1.82) is 0 Å². The maximum Gasteiger partial charge on any atom is 0.220 e. The summed E-state index contributed by atoms with van der Waals surface area (Å²) < 4.78 is 7.08. The molecule has 5 heteroatoms. The number of para-hydroxylation sites is 6. The van der Waals surface area contributed by atoms with Gasteiger partial charge in [0.05, 0.1) is 38.8 Å². The standard InChI is InChI=1S/C55H38N4Si/c1-4-20-40(21-5-1)60(41-22-6-2-7-23-41,42-24-8-3-9-25-42)54-35-19-12-28-45(54)43-26-10-14-30-48(43)58-49-31-15-11-27-44(49)46-38-39(36-37-50(46)58)57-52-33-17-18-34-53(52)59-51-32-16-13-29-47(51)56-55(57)59/h1-38H. The lowest BCUT2D eigenvalue weighted by Gasteiger charge is -2.36. The third-order valence-electron chi connectivity index (χ3n) is 12.4. The molecule has 282 valence electrons. The van der Waals surface area contributed by atoms with E-state index in [0.717, 1.165) is 44.7 Å². The molecule has 0 atom stereocenters. The minimum Gasteiger partial charge on any atom is -0.309 e. The van der Waals surface area contributed by atoms with Crippen LogP contribution in [0.25, 0.3) is 72.2 Å². The summed E-state index contributed by atoms with van der Waals surface area (Å²) in [7, 11) is -2.86. The fourth-order valence-electron chi connectivity index (χ4n) is 9.94. The molecule has 0 spiro atoms. The van der Waals surface area contributed by atoms with Gasteiger partial charge in [0, 0.05) is 22.0 Å². The van der Waals surface area contributed by atoms with Gasteiger partial charge in [-0.1, -0.05) is 176 Å². The van der Waals surface area contributed by atoms with Crippen LogP contribution in [-0.2, 0) is 0 Å². The lowest BCUT2D eigenvalue weighted by molar-refractivity contribution is 1.11. The highest BCUT2D eigenvalue weighted by Crippen LogP contribution is 2.38. The predicted molar refractivity (Wildman–Crippen MR) is 253 cm³/mol. The summed E-state index contributed by atoms with van der Waals surface area (Å²) in [6, 6.07) is 84.5. The van der Waals surface area contributed by atoms with Crippen molar-refractivity contribution in [2.75, 3.05) is 0 Å². The van der Waals surface area contributed by atoms with E-state index in [1.54, 1.807) is 0 Å². The van der Waals surface area contributed by atoms with Crippen molar-refractivity contribution >= 4 is 78.5 Å². The number of hydrogen-bond donors (Lipinski definition) is 0. The van der Waals surface area contributed by atoms with Crippen LogP contribution in [0.4, 0.5) is 0 Å². The third-order valence-corrected chi connectivity index (χ3v) is 17.2. The van der Waals surface area contributed by atoms with Crippen LogP contribution in [0.3, 0.4) is 0 Å². The number of rotatable bonds is 7. The lowest BCUT2D eigenvalue weighted by atomic mass is 10.0. The molecule has 0 amide bonds. The van der Waals surface area contributed by atoms with Gasteiger partial charge in [-0.25, -0.2) is 4.98 Å². The Hall–Kier alpha value is -7.73. The largest absolute Gasteiger partial charge is 0.309 e. The normalized spacial score (nSPS) is 12.0. The molecular formula is C55H38N4Si. The summed E-state index contributed by atoms with van der Waals surface area (Å²) in [5.41, 5.74) is 11.3. The number of nitrogens with zero attached hydrogens (tertiary/aromatic N) is 4. The Morgan fingerprint density at radius 3 is 1.57 bits per heavy atom. The first-order valence-electron chi connectivity index (χ1n) is 20.6. The van der Waals surface area contributed by atoms with Crippen molar-refractivity contribution in [2.45, 2.75) is 0 Å². The number of benzene rings is 9. The molecule has 0 aliphatic carbocycles. The highest BCUT2D eigenvalue weighted by molar-refractivity contribution is 7.20. The number of fused-ring (bicyclic) bond motifs is 8. The molecule has 0 saturated heterocycles. The molecule has 12 rings (SSSR count). The van der Waals surface area contributed by atoms with E-state index < -0.39 is 8.07 Å². The Balaban J connectivity index is 1.12. The van der Waals surface area contributed by atoms with E-state index in [1.807, 2.05) is 0 Å². The Labute approximate surface area is 348 Å². The van der Waals surface area contributed by atoms with Crippen LogP contribution < -0.4 is 20.7 Å². The molecule has 60 heavy (non-hydrogen) atoms. The van der Waals surface area contributed by atoms with Gasteiger partial charge in [-0.2, -0.15) is 0 Å². The van der Waals surface area contributed by atoms with E-state index in [0.29, 0.717) is 0 Å². The molecule has 0 aliphatic rings. The zero-order valence-electron chi connectivity index (χ0n) is 32.7. The van der Waals surface area contributed by atoms with Gasteiger partial charge in [0.2, 0.25) is 5.78 Å². The van der Waals surface area contributed by atoms with Crippen molar-refractivity contribution < 1.29 is 0 Å². The molecule has 0 saturated carbocycles. The van der Waals surface area contributed by atoms with Crippen LogP contribution in [0.2, 0.25) is 0 Å². The van der Waals surface area contributed by atoms with Gasteiger partial charge in [-0.05, 0) is 80.9 Å². The minimum absolute atomic E-state index is 0.908. The topological polar surface area (TPSA) is 27.2 Å². The summed E-state index contributed by atoms with van der Waals surface area (Å²) in [6.45, 7) is 0. The summed E-state index contributed by atoms with van der Waals surface area (Å²) in [6.07, 6.45) is 0. The lowest BCUT2D eigenvalue weighted by Crippen LogP contribution is -2.75. The summed E-state index contributed by atoms with van der Waals surface area (Å²) in [5.74, 6) is 0.908. The van der Waals surface area contributed by atoms with Gasteiger partial charge in [0.15, 0.2) is 8.07 Å². The maximum absolute atomic E-state index is 5.19. The molecule has 3 heterocycles. The van der Waals surface area contributed by atoms with Gasteiger partial charge in [-0.15, -0.1) is 0 Å². The monoisotopic (exact) mass is 782 g/mol. The second kappa shape index (κ2) is 13.7. The Bertz CT molecular complexity index is 3450. The second-order valence-electron chi connectivity index (χ2n) is 15.5. The fraction of sp³-hybridized carbons (Fsp3) is 0. The molecule has 0 N–H and O–H groups in total. The van der Waals surface area contributed by atoms with Gasteiger partial charge >= 0.3 is 0 Å². The second-order valence-corrected chi connectivity index (χ2v) is 19.3. The van der Waals surface area contributed by atoms with Crippen molar-refractivity contribution in [1.82, 2.24) is 18.5 Å². The summed E-state index contributed by atoms with van der Waals surface area (Å²) in [4.78, 5) is 5.19. The van der Waals surface area contributed by atoms with E-state index >= 15 is 0 Å². The molecule has 3 aromatic heterocycles. The van der Waals surface area contributed by atoms with Crippen molar-refractivity contribution in [3.05, 3.63) is 231 Å². The smallest absolute Gasteiger partial charge is 0.220 e. The average Bonchev–Trinajstić information content (AvgIpc) is 3.97. The SMILES string of the molecule is c1ccc([Si](c2ccccc2)(c2ccccc2)c2ccccc2-c2ccccc2-n2c3ccccc3c3cc(-n4c5ccccc5n5c6ccccc6nc45)ccc32)cc1. The van der Waals surface area contributed by atoms with Gasteiger partial charge < -0.3 is 4.57 Å². The molecule has 9 aromatic carbocycles. The van der Waals surface area contributed by atoms with Crippen LogP contribution in [0.5, 0.6) is 0 Å². The van der Waals surface area contributed by atoms with E-state index in [9.17, 15) is 0 Å². The van der Waals surface area contributed by atoms with E-state index in [1.165, 1.54) is 48.2 Å². The molecule has 0 fully saturated rings. The van der Waals surface area contributed by atoms with Crippen LogP contribution in [0, 0.1) is 0 Å². The molecule has 12 aromatic rings.